The average Bonchev–Trinajstić information content (AvgIpc) is 3.07. The Balaban J connectivity index is 2.02. The quantitative estimate of drug-likeness (QED) is 0.812. The highest BCUT2D eigenvalue weighted by Crippen LogP contribution is 2.40. The van der Waals surface area contributed by atoms with Gasteiger partial charge in [0.05, 0.1) is 6.04 Å². The molecule has 2 heterocycles. The smallest absolute Gasteiger partial charge is 0.246 e. The Hall–Kier alpha value is -1.75. The molecule has 1 aliphatic carbocycles. The number of carbonyl (C=O) groups excluding carboxylic acids is 1. The van der Waals surface area contributed by atoms with E-state index < -0.39 is 6.04 Å². The van der Waals surface area contributed by atoms with Crippen molar-refractivity contribution in [1.29, 1.82) is 0 Å². The van der Waals surface area contributed by atoms with E-state index in [4.69, 9.17) is 10.2 Å². The molecule has 1 fully saturated rings. The van der Waals surface area contributed by atoms with Gasteiger partial charge in [0.25, 0.3) is 0 Å². The SMILES string of the molecule is CC(N)C(=O)c1cnc2oc(C3CC3)nc2c1. The normalized spacial score (nSPS) is 17.3. The Kier molecular flexibility index (Phi) is 2.22. The lowest BCUT2D eigenvalue weighted by Crippen LogP contribution is -2.26. The maximum Gasteiger partial charge on any atom is 0.246 e. The second kappa shape index (κ2) is 3.63. The number of carbonyl (C=O) groups is 1. The van der Waals surface area contributed by atoms with Crippen LogP contribution in [0.4, 0.5) is 0 Å². The van der Waals surface area contributed by atoms with Crippen LogP contribution < -0.4 is 5.73 Å². The van der Waals surface area contributed by atoms with Gasteiger partial charge in [-0.05, 0) is 25.8 Å². The van der Waals surface area contributed by atoms with Gasteiger partial charge in [0, 0.05) is 17.7 Å². The molecule has 0 aromatic carbocycles. The molecular formula is C12H13N3O2. The van der Waals surface area contributed by atoms with E-state index in [1.807, 2.05) is 0 Å². The zero-order valence-electron chi connectivity index (χ0n) is 9.51. The van der Waals surface area contributed by atoms with Crippen LogP contribution in [0, 0.1) is 0 Å². The summed E-state index contributed by atoms with van der Waals surface area (Å²) in [7, 11) is 0. The number of hydrogen-bond donors (Lipinski definition) is 1. The zero-order chi connectivity index (χ0) is 12.0. The number of aromatic nitrogens is 2. The number of pyridine rings is 1. The predicted molar refractivity (Wildman–Crippen MR) is 61.8 cm³/mol. The first-order valence-electron chi connectivity index (χ1n) is 5.71. The van der Waals surface area contributed by atoms with Gasteiger partial charge in [-0.2, -0.15) is 0 Å². The van der Waals surface area contributed by atoms with E-state index in [-0.39, 0.29) is 5.78 Å². The molecule has 88 valence electrons. The van der Waals surface area contributed by atoms with Crippen molar-refractivity contribution in [2.75, 3.05) is 0 Å². The van der Waals surface area contributed by atoms with Crippen molar-refractivity contribution in [2.24, 2.45) is 5.73 Å². The minimum absolute atomic E-state index is 0.129. The fraction of sp³-hybridized carbons (Fsp3) is 0.417. The van der Waals surface area contributed by atoms with Gasteiger partial charge in [-0.15, -0.1) is 0 Å². The summed E-state index contributed by atoms with van der Waals surface area (Å²) >= 11 is 0. The lowest BCUT2D eigenvalue weighted by molar-refractivity contribution is 0.0968. The summed E-state index contributed by atoms with van der Waals surface area (Å²) in [5.74, 6) is 1.05. The molecule has 17 heavy (non-hydrogen) atoms. The van der Waals surface area contributed by atoms with Crippen LogP contribution in [-0.4, -0.2) is 21.8 Å². The first-order valence-corrected chi connectivity index (χ1v) is 5.71. The van der Waals surface area contributed by atoms with E-state index in [2.05, 4.69) is 9.97 Å². The lowest BCUT2D eigenvalue weighted by Gasteiger charge is -2.02. The van der Waals surface area contributed by atoms with Crippen molar-refractivity contribution in [1.82, 2.24) is 9.97 Å². The minimum atomic E-state index is -0.524. The Bertz CT molecular complexity index is 584. The summed E-state index contributed by atoms with van der Waals surface area (Å²) < 4.78 is 5.52. The molecule has 2 aromatic rings. The summed E-state index contributed by atoms with van der Waals surface area (Å²) in [6.07, 6.45) is 3.74. The number of nitrogens with zero attached hydrogens (tertiary/aromatic N) is 2. The van der Waals surface area contributed by atoms with Crippen LogP contribution in [0.1, 0.15) is 41.9 Å². The molecule has 1 saturated carbocycles. The number of ketones is 1. The van der Waals surface area contributed by atoms with Gasteiger partial charge in [0.15, 0.2) is 5.78 Å². The maximum atomic E-state index is 11.7. The van der Waals surface area contributed by atoms with Crippen LogP contribution >= 0.6 is 0 Å². The number of hydrogen-bond acceptors (Lipinski definition) is 5. The second-order valence-corrected chi connectivity index (χ2v) is 4.53. The fourth-order valence-corrected chi connectivity index (χ4v) is 1.74. The Morgan fingerprint density at radius 1 is 1.59 bits per heavy atom. The number of nitrogens with two attached hydrogens (primary N) is 1. The molecule has 1 aliphatic rings. The van der Waals surface area contributed by atoms with E-state index in [0.29, 0.717) is 22.7 Å². The highest BCUT2D eigenvalue weighted by Gasteiger charge is 2.29. The molecule has 1 unspecified atom stereocenters. The van der Waals surface area contributed by atoms with Crippen LogP contribution in [0.2, 0.25) is 0 Å². The molecule has 2 N–H and O–H groups in total. The molecular weight excluding hydrogens is 218 g/mol. The van der Waals surface area contributed by atoms with E-state index in [0.717, 1.165) is 18.7 Å². The number of fused-ring (bicyclic) bond motifs is 1. The summed E-state index contributed by atoms with van der Waals surface area (Å²) in [5, 5.41) is 0. The molecule has 0 radical (unpaired) electrons. The lowest BCUT2D eigenvalue weighted by atomic mass is 10.1. The highest BCUT2D eigenvalue weighted by molar-refractivity contribution is 6.01. The van der Waals surface area contributed by atoms with Crippen molar-refractivity contribution >= 4 is 17.0 Å². The number of oxazole rings is 1. The van der Waals surface area contributed by atoms with Crippen LogP contribution in [0.5, 0.6) is 0 Å². The first-order chi connectivity index (χ1) is 8.15. The Morgan fingerprint density at radius 3 is 3.00 bits per heavy atom. The van der Waals surface area contributed by atoms with Gasteiger partial charge in [-0.25, -0.2) is 9.97 Å². The molecule has 5 heteroatoms. The Labute approximate surface area is 98.0 Å². The fourth-order valence-electron chi connectivity index (χ4n) is 1.74. The van der Waals surface area contributed by atoms with Gasteiger partial charge in [0.2, 0.25) is 11.6 Å². The molecule has 0 spiro atoms. The molecule has 3 rings (SSSR count). The van der Waals surface area contributed by atoms with Gasteiger partial charge in [-0.1, -0.05) is 0 Å². The Morgan fingerprint density at radius 2 is 2.35 bits per heavy atom. The van der Waals surface area contributed by atoms with Crippen molar-refractivity contribution in [2.45, 2.75) is 31.7 Å². The molecule has 0 amide bonds. The zero-order valence-corrected chi connectivity index (χ0v) is 9.51. The van der Waals surface area contributed by atoms with Crippen LogP contribution in [0.3, 0.4) is 0 Å². The summed E-state index contributed by atoms with van der Waals surface area (Å²) in [4.78, 5) is 20.2. The van der Waals surface area contributed by atoms with Crippen molar-refractivity contribution < 1.29 is 9.21 Å². The monoisotopic (exact) mass is 231 g/mol. The molecule has 0 aliphatic heterocycles. The molecule has 5 nitrogen and oxygen atoms in total. The minimum Gasteiger partial charge on any atom is -0.422 e. The predicted octanol–water partition coefficient (Wildman–Crippen LogP) is 1.63. The van der Waals surface area contributed by atoms with Gasteiger partial charge in [-0.3, -0.25) is 4.79 Å². The number of Topliss-reactive ketones (excluding diaryl/α,β-unsaturated/α-hetero) is 1. The topological polar surface area (TPSA) is 82.0 Å². The van der Waals surface area contributed by atoms with Gasteiger partial charge >= 0.3 is 0 Å². The summed E-state index contributed by atoms with van der Waals surface area (Å²) in [6.45, 7) is 1.66. The summed E-state index contributed by atoms with van der Waals surface area (Å²) in [6, 6.07) is 1.17. The van der Waals surface area contributed by atoms with Crippen LogP contribution in [0.25, 0.3) is 11.2 Å². The largest absolute Gasteiger partial charge is 0.422 e. The van der Waals surface area contributed by atoms with Crippen molar-refractivity contribution in [3.05, 3.63) is 23.7 Å². The molecule has 0 bridgehead atoms. The first kappa shape index (κ1) is 10.4. The maximum absolute atomic E-state index is 11.7. The number of rotatable bonds is 3. The standard InChI is InChI=1S/C12H13N3O2/c1-6(13)10(16)8-4-9-12(14-5-8)17-11(15-9)7-2-3-7/h4-7H,2-3,13H2,1H3. The van der Waals surface area contributed by atoms with Gasteiger partial charge in [0.1, 0.15) is 5.52 Å². The third kappa shape index (κ3) is 1.82. The van der Waals surface area contributed by atoms with Crippen molar-refractivity contribution in [3.63, 3.8) is 0 Å². The van der Waals surface area contributed by atoms with Crippen LogP contribution in [-0.2, 0) is 0 Å². The average molecular weight is 231 g/mol. The van der Waals surface area contributed by atoms with E-state index in [1.165, 1.54) is 6.20 Å². The second-order valence-electron chi connectivity index (χ2n) is 4.53. The van der Waals surface area contributed by atoms with Crippen molar-refractivity contribution in [3.8, 4) is 0 Å². The third-order valence-corrected chi connectivity index (χ3v) is 2.89. The summed E-state index contributed by atoms with van der Waals surface area (Å²) in [5.41, 5.74) is 7.17. The highest BCUT2D eigenvalue weighted by atomic mass is 16.4. The molecule has 2 aromatic heterocycles. The van der Waals surface area contributed by atoms with Crippen LogP contribution in [0.15, 0.2) is 16.7 Å². The molecule has 0 saturated heterocycles. The van der Waals surface area contributed by atoms with E-state index >= 15 is 0 Å². The molecule has 1 atom stereocenters. The third-order valence-electron chi connectivity index (χ3n) is 2.89. The van der Waals surface area contributed by atoms with E-state index in [9.17, 15) is 4.79 Å². The van der Waals surface area contributed by atoms with E-state index in [1.54, 1.807) is 13.0 Å². The van der Waals surface area contributed by atoms with Gasteiger partial charge < -0.3 is 10.2 Å².